The number of halogens is 2. The van der Waals surface area contributed by atoms with E-state index in [1.807, 2.05) is 0 Å². The molecular weight excluding hydrogens is 285 g/mol. The summed E-state index contributed by atoms with van der Waals surface area (Å²) in [5.41, 5.74) is 0.650. The molecule has 1 N–H and O–H groups in total. The van der Waals surface area contributed by atoms with E-state index in [-0.39, 0.29) is 18.4 Å². The molecule has 0 bridgehead atoms. The van der Waals surface area contributed by atoms with Gasteiger partial charge in [0.05, 0.1) is 0 Å². The Morgan fingerprint density at radius 1 is 1.42 bits per heavy atom. The number of carbonyl (C=O) groups excluding carboxylic acids is 1. The molecule has 0 aliphatic carbocycles. The van der Waals surface area contributed by atoms with Crippen LogP contribution in [0.15, 0.2) is 24.3 Å². The molecule has 1 aliphatic heterocycles. The van der Waals surface area contributed by atoms with E-state index in [4.69, 9.17) is 28.3 Å². The van der Waals surface area contributed by atoms with Crippen LogP contribution in [0.2, 0.25) is 10.0 Å². The molecule has 0 saturated carbocycles. The topological polar surface area (TPSA) is 40.5 Å². The number of amides is 1. The fraction of sp³-hybridized carbons (Fsp3) is 0.357. The summed E-state index contributed by atoms with van der Waals surface area (Å²) in [6.07, 6.45) is 3.97. The van der Waals surface area contributed by atoms with Crippen molar-refractivity contribution < 1.29 is 9.90 Å². The molecule has 1 fully saturated rings. The molecule has 0 radical (unpaired) electrons. The number of benzene rings is 1. The molecule has 0 spiro atoms. The first-order valence-electron chi connectivity index (χ1n) is 6.13. The van der Waals surface area contributed by atoms with Crippen molar-refractivity contribution in [3.8, 4) is 0 Å². The van der Waals surface area contributed by atoms with Crippen LogP contribution >= 0.6 is 23.2 Å². The average Bonchev–Trinajstić information content (AvgIpc) is 2.86. The third-order valence-electron chi connectivity index (χ3n) is 3.25. The Hall–Kier alpha value is -1.03. The Morgan fingerprint density at radius 3 is 2.68 bits per heavy atom. The van der Waals surface area contributed by atoms with Crippen LogP contribution in [0.1, 0.15) is 12.0 Å². The van der Waals surface area contributed by atoms with Gasteiger partial charge in [-0.25, -0.2) is 0 Å². The fourth-order valence-corrected chi connectivity index (χ4v) is 2.64. The highest BCUT2D eigenvalue weighted by atomic mass is 35.5. The molecule has 0 aromatic heterocycles. The number of aliphatic hydroxyl groups is 1. The van der Waals surface area contributed by atoms with Crippen LogP contribution in [0.5, 0.6) is 0 Å². The average molecular weight is 300 g/mol. The van der Waals surface area contributed by atoms with E-state index in [1.54, 1.807) is 29.2 Å². The largest absolute Gasteiger partial charge is 0.396 e. The Bertz CT molecular complexity index is 482. The molecular formula is C14H15Cl2NO2. The first-order chi connectivity index (χ1) is 9.11. The number of aliphatic hydroxyl groups excluding tert-OH is 1. The number of hydrogen-bond donors (Lipinski definition) is 1. The lowest BCUT2D eigenvalue weighted by Crippen LogP contribution is -2.27. The maximum Gasteiger partial charge on any atom is 0.246 e. The minimum absolute atomic E-state index is 0.0769. The summed E-state index contributed by atoms with van der Waals surface area (Å²) in [5.74, 6) is 0.119. The lowest BCUT2D eigenvalue weighted by atomic mass is 10.1. The van der Waals surface area contributed by atoms with Gasteiger partial charge in [0.15, 0.2) is 0 Å². The van der Waals surface area contributed by atoms with E-state index < -0.39 is 0 Å². The van der Waals surface area contributed by atoms with Crippen molar-refractivity contribution in [1.29, 1.82) is 0 Å². The zero-order chi connectivity index (χ0) is 13.8. The normalized spacial score (nSPS) is 19.3. The van der Waals surface area contributed by atoms with E-state index in [0.29, 0.717) is 28.7 Å². The molecule has 1 aromatic rings. The van der Waals surface area contributed by atoms with Gasteiger partial charge in [0.1, 0.15) is 0 Å². The van der Waals surface area contributed by atoms with Gasteiger partial charge in [-0.15, -0.1) is 0 Å². The number of carbonyl (C=O) groups is 1. The fourth-order valence-electron chi connectivity index (χ4n) is 2.11. The van der Waals surface area contributed by atoms with Gasteiger partial charge >= 0.3 is 0 Å². The van der Waals surface area contributed by atoms with Gasteiger partial charge in [-0.1, -0.05) is 29.3 Å². The van der Waals surface area contributed by atoms with E-state index in [0.717, 1.165) is 6.42 Å². The highest BCUT2D eigenvalue weighted by Gasteiger charge is 2.24. The van der Waals surface area contributed by atoms with Crippen LogP contribution in [-0.4, -0.2) is 35.6 Å². The first kappa shape index (κ1) is 14.4. The van der Waals surface area contributed by atoms with Crippen molar-refractivity contribution in [3.05, 3.63) is 39.9 Å². The van der Waals surface area contributed by atoms with Crippen molar-refractivity contribution in [2.45, 2.75) is 6.42 Å². The monoisotopic (exact) mass is 299 g/mol. The van der Waals surface area contributed by atoms with Crippen LogP contribution in [0.4, 0.5) is 0 Å². The maximum atomic E-state index is 12.0. The minimum atomic E-state index is -0.0769. The van der Waals surface area contributed by atoms with Gasteiger partial charge in [-0.2, -0.15) is 0 Å². The number of hydrogen-bond acceptors (Lipinski definition) is 2. The highest BCUT2D eigenvalue weighted by molar-refractivity contribution is 6.37. The second-order valence-corrected chi connectivity index (χ2v) is 5.40. The summed E-state index contributed by atoms with van der Waals surface area (Å²) in [6.45, 7) is 1.42. The second kappa shape index (κ2) is 6.42. The predicted octanol–water partition coefficient (Wildman–Crippen LogP) is 2.85. The van der Waals surface area contributed by atoms with Crippen LogP contribution < -0.4 is 0 Å². The molecule has 1 unspecified atom stereocenters. The van der Waals surface area contributed by atoms with Gasteiger partial charge in [0, 0.05) is 47.3 Å². The first-order valence-corrected chi connectivity index (χ1v) is 6.89. The molecule has 1 amide bonds. The van der Waals surface area contributed by atoms with Crippen LogP contribution in [0.3, 0.4) is 0 Å². The molecule has 1 saturated heterocycles. The van der Waals surface area contributed by atoms with Gasteiger partial charge in [0.25, 0.3) is 0 Å². The van der Waals surface area contributed by atoms with Gasteiger partial charge in [-0.3, -0.25) is 4.79 Å². The maximum absolute atomic E-state index is 12.0. The summed E-state index contributed by atoms with van der Waals surface area (Å²) in [4.78, 5) is 13.7. The van der Waals surface area contributed by atoms with E-state index in [2.05, 4.69) is 0 Å². The Morgan fingerprint density at radius 2 is 2.11 bits per heavy atom. The third-order valence-corrected chi connectivity index (χ3v) is 3.91. The molecule has 5 heteroatoms. The van der Waals surface area contributed by atoms with Crippen LogP contribution in [-0.2, 0) is 4.79 Å². The van der Waals surface area contributed by atoms with E-state index in [9.17, 15) is 4.79 Å². The minimum Gasteiger partial charge on any atom is -0.396 e. The van der Waals surface area contributed by atoms with Crippen molar-refractivity contribution in [1.82, 2.24) is 4.90 Å². The molecule has 3 nitrogen and oxygen atoms in total. The van der Waals surface area contributed by atoms with Gasteiger partial charge in [0.2, 0.25) is 5.91 Å². The van der Waals surface area contributed by atoms with Crippen molar-refractivity contribution >= 4 is 35.2 Å². The summed E-state index contributed by atoms with van der Waals surface area (Å²) in [5, 5.41) is 10.1. The Kier molecular flexibility index (Phi) is 4.86. The Labute approximate surface area is 122 Å². The molecule has 1 heterocycles. The van der Waals surface area contributed by atoms with Gasteiger partial charge in [-0.05, 0) is 24.6 Å². The summed E-state index contributed by atoms with van der Waals surface area (Å²) in [7, 11) is 0. The zero-order valence-corrected chi connectivity index (χ0v) is 11.9. The van der Waals surface area contributed by atoms with E-state index >= 15 is 0 Å². The van der Waals surface area contributed by atoms with Crippen molar-refractivity contribution in [2.24, 2.45) is 5.92 Å². The quantitative estimate of drug-likeness (QED) is 0.872. The molecule has 1 aromatic carbocycles. The standard InChI is InChI=1S/C14H15Cl2NO2/c15-12-2-1-3-13(16)11(12)4-5-14(19)17-7-6-10(8-17)9-18/h1-5,10,18H,6-9H2. The summed E-state index contributed by atoms with van der Waals surface area (Å²) in [6, 6.07) is 5.22. The van der Waals surface area contributed by atoms with Crippen LogP contribution in [0.25, 0.3) is 6.08 Å². The summed E-state index contributed by atoms with van der Waals surface area (Å²) >= 11 is 12.0. The lowest BCUT2D eigenvalue weighted by Gasteiger charge is -2.13. The molecule has 1 aliphatic rings. The number of nitrogens with zero attached hydrogens (tertiary/aromatic N) is 1. The second-order valence-electron chi connectivity index (χ2n) is 4.59. The van der Waals surface area contributed by atoms with Crippen LogP contribution in [0, 0.1) is 5.92 Å². The third kappa shape index (κ3) is 3.50. The highest BCUT2D eigenvalue weighted by Crippen LogP contribution is 2.25. The molecule has 1 atom stereocenters. The molecule has 19 heavy (non-hydrogen) atoms. The molecule has 2 rings (SSSR count). The predicted molar refractivity (Wildman–Crippen MR) is 77.3 cm³/mol. The number of rotatable bonds is 3. The Balaban J connectivity index is 2.05. The van der Waals surface area contributed by atoms with E-state index in [1.165, 1.54) is 6.08 Å². The van der Waals surface area contributed by atoms with Gasteiger partial charge < -0.3 is 10.0 Å². The van der Waals surface area contributed by atoms with Crippen molar-refractivity contribution in [2.75, 3.05) is 19.7 Å². The summed E-state index contributed by atoms with van der Waals surface area (Å²) < 4.78 is 0. The van der Waals surface area contributed by atoms with Crippen molar-refractivity contribution in [3.63, 3.8) is 0 Å². The lowest BCUT2D eigenvalue weighted by molar-refractivity contribution is -0.125. The molecule has 102 valence electrons. The zero-order valence-electron chi connectivity index (χ0n) is 10.4. The smallest absolute Gasteiger partial charge is 0.246 e. The SMILES string of the molecule is O=C(C=Cc1c(Cl)cccc1Cl)N1CCC(CO)C1. The number of likely N-dealkylation sites (tertiary alicyclic amines) is 1.